The quantitative estimate of drug-likeness (QED) is 0.766. The van der Waals surface area contributed by atoms with Gasteiger partial charge in [0.15, 0.2) is 5.11 Å². The van der Waals surface area contributed by atoms with Crippen molar-refractivity contribution in [2.75, 3.05) is 6.54 Å². The SMILES string of the molecule is CCNC(=S)NC1CCc2ccccc2C1. The molecule has 0 amide bonds. The fourth-order valence-corrected chi connectivity index (χ4v) is 2.53. The van der Waals surface area contributed by atoms with Crippen LogP contribution in [0.4, 0.5) is 0 Å². The Morgan fingerprint density at radius 1 is 1.38 bits per heavy atom. The van der Waals surface area contributed by atoms with Crippen LogP contribution in [0.2, 0.25) is 0 Å². The van der Waals surface area contributed by atoms with E-state index in [4.69, 9.17) is 12.2 Å². The highest BCUT2D eigenvalue weighted by Gasteiger charge is 2.18. The number of nitrogens with one attached hydrogen (secondary N) is 2. The van der Waals surface area contributed by atoms with Crippen molar-refractivity contribution in [2.45, 2.75) is 32.2 Å². The van der Waals surface area contributed by atoms with Gasteiger partial charge in [-0.3, -0.25) is 0 Å². The largest absolute Gasteiger partial charge is 0.363 e. The van der Waals surface area contributed by atoms with E-state index in [2.05, 4.69) is 41.8 Å². The Bertz CT molecular complexity index is 376. The van der Waals surface area contributed by atoms with Crippen LogP contribution in [0.1, 0.15) is 24.5 Å². The van der Waals surface area contributed by atoms with E-state index in [1.807, 2.05) is 0 Å². The highest BCUT2D eigenvalue weighted by atomic mass is 32.1. The van der Waals surface area contributed by atoms with E-state index in [1.54, 1.807) is 0 Å². The Kier molecular flexibility index (Phi) is 3.78. The molecule has 0 heterocycles. The maximum Gasteiger partial charge on any atom is 0.166 e. The molecule has 0 aromatic heterocycles. The molecular weight excluding hydrogens is 216 g/mol. The molecule has 0 bridgehead atoms. The van der Waals surface area contributed by atoms with Gasteiger partial charge in [0.25, 0.3) is 0 Å². The third-order valence-electron chi connectivity index (χ3n) is 3.02. The van der Waals surface area contributed by atoms with Gasteiger partial charge in [0.1, 0.15) is 0 Å². The zero-order valence-electron chi connectivity index (χ0n) is 9.62. The first-order valence-electron chi connectivity index (χ1n) is 5.90. The molecule has 1 aromatic carbocycles. The van der Waals surface area contributed by atoms with Gasteiger partial charge in [-0.25, -0.2) is 0 Å². The van der Waals surface area contributed by atoms with Crippen molar-refractivity contribution in [3.8, 4) is 0 Å². The Morgan fingerprint density at radius 3 is 2.88 bits per heavy atom. The van der Waals surface area contributed by atoms with E-state index in [0.717, 1.165) is 24.5 Å². The Morgan fingerprint density at radius 2 is 2.12 bits per heavy atom. The number of benzene rings is 1. The molecule has 0 fully saturated rings. The first-order chi connectivity index (χ1) is 7.79. The third kappa shape index (κ3) is 2.73. The maximum absolute atomic E-state index is 5.21. The van der Waals surface area contributed by atoms with Gasteiger partial charge in [-0.1, -0.05) is 24.3 Å². The summed E-state index contributed by atoms with van der Waals surface area (Å²) in [5.41, 5.74) is 2.96. The van der Waals surface area contributed by atoms with Gasteiger partial charge in [-0.2, -0.15) is 0 Å². The van der Waals surface area contributed by atoms with Gasteiger partial charge in [0.05, 0.1) is 0 Å². The van der Waals surface area contributed by atoms with Crippen LogP contribution in [0.3, 0.4) is 0 Å². The molecular formula is C13H18N2S. The van der Waals surface area contributed by atoms with Crippen molar-refractivity contribution in [1.82, 2.24) is 10.6 Å². The number of hydrogen-bond acceptors (Lipinski definition) is 1. The van der Waals surface area contributed by atoms with Crippen molar-refractivity contribution in [1.29, 1.82) is 0 Å². The molecule has 2 N–H and O–H groups in total. The van der Waals surface area contributed by atoms with Gasteiger partial charge in [-0.05, 0) is 49.5 Å². The lowest BCUT2D eigenvalue weighted by Crippen LogP contribution is -2.44. The molecule has 0 saturated carbocycles. The summed E-state index contributed by atoms with van der Waals surface area (Å²) in [4.78, 5) is 0. The topological polar surface area (TPSA) is 24.1 Å². The van der Waals surface area contributed by atoms with E-state index in [9.17, 15) is 0 Å². The van der Waals surface area contributed by atoms with E-state index in [1.165, 1.54) is 17.5 Å². The smallest absolute Gasteiger partial charge is 0.166 e. The fourth-order valence-electron chi connectivity index (χ4n) is 2.22. The Hall–Kier alpha value is -1.09. The summed E-state index contributed by atoms with van der Waals surface area (Å²) >= 11 is 5.21. The van der Waals surface area contributed by atoms with Crippen LogP contribution in [0.15, 0.2) is 24.3 Å². The molecule has 0 radical (unpaired) electrons. The molecule has 1 atom stereocenters. The Labute approximate surface area is 102 Å². The van der Waals surface area contributed by atoms with Crippen LogP contribution >= 0.6 is 12.2 Å². The highest BCUT2D eigenvalue weighted by molar-refractivity contribution is 7.80. The normalized spacial score (nSPS) is 18.7. The van der Waals surface area contributed by atoms with Crippen molar-refractivity contribution < 1.29 is 0 Å². The number of hydrogen-bond donors (Lipinski definition) is 2. The lowest BCUT2D eigenvalue weighted by atomic mass is 9.88. The fraction of sp³-hybridized carbons (Fsp3) is 0.462. The summed E-state index contributed by atoms with van der Waals surface area (Å²) in [6, 6.07) is 9.18. The molecule has 3 heteroatoms. The number of aryl methyl sites for hydroxylation is 1. The average Bonchev–Trinajstić information content (AvgIpc) is 2.29. The minimum Gasteiger partial charge on any atom is -0.363 e. The van der Waals surface area contributed by atoms with Crippen LogP contribution in [-0.2, 0) is 12.8 Å². The number of thiocarbonyl (C=S) groups is 1. The average molecular weight is 234 g/mol. The lowest BCUT2D eigenvalue weighted by Gasteiger charge is -2.26. The summed E-state index contributed by atoms with van der Waals surface area (Å²) in [6.07, 6.45) is 3.41. The minimum absolute atomic E-state index is 0.487. The molecule has 1 aromatic rings. The van der Waals surface area contributed by atoms with Gasteiger partial charge in [0, 0.05) is 12.6 Å². The first-order valence-corrected chi connectivity index (χ1v) is 6.31. The molecule has 1 aliphatic carbocycles. The van der Waals surface area contributed by atoms with Gasteiger partial charge >= 0.3 is 0 Å². The van der Waals surface area contributed by atoms with Crippen LogP contribution in [0.5, 0.6) is 0 Å². The van der Waals surface area contributed by atoms with Crippen molar-refractivity contribution in [2.24, 2.45) is 0 Å². The van der Waals surface area contributed by atoms with Crippen molar-refractivity contribution in [3.05, 3.63) is 35.4 Å². The van der Waals surface area contributed by atoms with E-state index < -0.39 is 0 Å². The van der Waals surface area contributed by atoms with Gasteiger partial charge in [0.2, 0.25) is 0 Å². The molecule has 16 heavy (non-hydrogen) atoms. The van der Waals surface area contributed by atoms with E-state index in [0.29, 0.717) is 6.04 Å². The second-order valence-electron chi connectivity index (χ2n) is 4.21. The van der Waals surface area contributed by atoms with Crippen LogP contribution in [0.25, 0.3) is 0 Å². The molecule has 1 unspecified atom stereocenters. The molecule has 0 spiro atoms. The summed E-state index contributed by atoms with van der Waals surface area (Å²) in [6.45, 7) is 2.94. The zero-order valence-corrected chi connectivity index (χ0v) is 10.4. The molecule has 0 aliphatic heterocycles. The number of fused-ring (bicyclic) bond motifs is 1. The monoisotopic (exact) mass is 234 g/mol. The maximum atomic E-state index is 5.21. The molecule has 86 valence electrons. The van der Waals surface area contributed by atoms with Gasteiger partial charge in [-0.15, -0.1) is 0 Å². The van der Waals surface area contributed by atoms with E-state index in [-0.39, 0.29) is 0 Å². The summed E-state index contributed by atoms with van der Waals surface area (Å²) < 4.78 is 0. The summed E-state index contributed by atoms with van der Waals surface area (Å²) in [7, 11) is 0. The van der Waals surface area contributed by atoms with Gasteiger partial charge < -0.3 is 10.6 Å². The summed E-state index contributed by atoms with van der Waals surface area (Å²) in [5.74, 6) is 0. The highest BCUT2D eigenvalue weighted by Crippen LogP contribution is 2.20. The van der Waals surface area contributed by atoms with Crippen LogP contribution in [-0.4, -0.2) is 17.7 Å². The van der Waals surface area contributed by atoms with Crippen LogP contribution in [0, 0.1) is 0 Å². The molecule has 2 rings (SSSR count). The standard InChI is InChI=1S/C13H18N2S/c1-2-14-13(16)15-12-8-7-10-5-3-4-6-11(10)9-12/h3-6,12H,2,7-9H2,1H3,(H2,14,15,16). The van der Waals surface area contributed by atoms with Crippen LogP contribution < -0.4 is 10.6 Å². The minimum atomic E-state index is 0.487. The predicted molar refractivity (Wildman–Crippen MR) is 71.7 cm³/mol. The van der Waals surface area contributed by atoms with E-state index >= 15 is 0 Å². The Balaban J connectivity index is 1.95. The molecule has 2 nitrogen and oxygen atoms in total. The summed E-state index contributed by atoms with van der Waals surface area (Å²) in [5, 5.41) is 7.30. The second kappa shape index (κ2) is 5.30. The predicted octanol–water partition coefficient (Wildman–Crippen LogP) is 2.03. The van der Waals surface area contributed by atoms with Crippen molar-refractivity contribution in [3.63, 3.8) is 0 Å². The third-order valence-corrected chi connectivity index (χ3v) is 3.28. The lowest BCUT2D eigenvalue weighted by molar-refractivity contribution is 0.525. The first kappa shape index (κ1) is 11.4. The zero-order chi connectivity index (χ0) is 11.4. The molecule has 1 aliphatic rings. The van der Waals surface area contributed by atoms with Crippen molar-refractivity contribution >= 4 is 17.3 Å². The molecule has 0 saturated heterocycles. The number of rotatable bonds is 2. The second-order valence-corrected chi connectivity index (χ2v) is 4.62.